The molecule has 1 aromatic carbocycles. The van der Waals surface area contributed by atoms with Crippen LogP contribution in [0, 0.1) is 13.8 Å². The fourth-order valence-electron chi connectivity index (χ4n) is 1.77. The molecule has 6 heteroatoms. The number of carboxylic acid groups (broad SMARTS) is 1. The molecular weight excluding hydrogens is 254 g/mol. The van der Waals surface area contributed by atoms with E-state index in [2.05, 4.69) is 0 Å². The Labute approximate surface area is 107 Å². The summed E-state index contributed by atoms with van der Waals surface area (Å²) in [4.78, 5) is 11.2. The molecule has 0 aliphatic rings. The number of carboxylic acids is 1. The highest BCUT2D eigenvalue weighted by molar-refractivity contribution is 7.90. The van der Waals surface area contributed by atoms with Crippen LogP contribution in [0.3, 0.4) is 0 Å². The van der Waals surface area contributed by atoms with E-state index in [1.807, 2.05) is 0 Å². The molecule has 1 unspecified atom stereocenters. The van der Waals surface area contributed by atoms with Crippen molar-refractivity contribution in [3.8, 4) is 0 Å². The van der Waals surface area contributed by atoms with Crippen LogP contribution < -0.4 is 5.73 Å². The number of carbonyl (C=O) groups is 1. The second-order valence-electron chi connectivity index (χ2n) is 4.37. The van der Waals surface area contributed by atoms with Gasteiger partial charge in [0.15, 0.2) is 9.84 Å². The lowest BCUT2D eigenvalue weighted by molar-refractivity contribution is -0.138. The van der Waals surface area contributed by atoms with E-state index >= 15 is 0 Å². The van der Waals surface area contributed by atoms with E-state index < -0.39 is 21.7 Å². The number of benzene rings is 1. The van der Waals surface area contributed by atoms with Gasteiger partial charge in [-0.15, -0.1) is 0 Å². The minimum absolute atomic E-state index is 0.0449. The standard InChI is InChI=1S/C12H17NO4S/c1-7-4-9(10(6-13)12(14)15)11(5-8(7)2)18(3,16)17/h4-5,10H,6,13H2,1-3H3,(H,14,15). The second-order valence-corrected chi connectivity index (χ2v) is 6.36. The summed E-state index contributed by atoms with van der Waals surface area (Å²) in [7, 11) is -3.48. The highest BCUT2D eigenvalue weighted by Crippen LogP contribution is 2.27. The Morgan fingerprint density at radius 3 is 2.22 bits per heavy atom. The van der Waals surface area contributed by atoms with E-state index in [9.17, 15) is 13.2 Å². The first-order chi connectivity index (χ1) is 8.18. The minimum atomic E-state index is -3.48. The van der Waals surface area contributed by atoms with Crippen LogP contribution in [-0.4, -0.2) is 32.3 Å². The van der Waals surface area contributed by atoms with Crippen LogP contribution in [0.25, 0.3) is 0 Å². The second kappa shape index (κ2) is 5.07. The van der Waals surface area contributed by atoms with Gasteiger partial charge in [0.05, 0.1) is 10.8 Å². The molecule has 3 N–H and O–H groups in total. The summed E-state index contributed by atoms with van der Waals surface area (Å²) >= 11 is 0. The SMILES string of the molecule is Cc1cc(C(CN)C(=O)O)c(S(C)(=O)=O)cc1C. The lowest BCUT2D eigenvalue weighted by atomic mass is 9.95. The van der Waals surface area contributed by atoms with Gasteiger partial charge in [0, 0.05) is 12.8 Å². The Morgan fingerprint density at radius 2 is 1.83 bits per heavy atom. The summed E-state index contributed by atoms with van der Waals surface area (Å²) in [5.41, 5.74) is 7.34. The van der Waals surface area contributed by atoms with Gasteiger partial charge in [-0.05, 0) is 36.6 Å². The molecular formula is C12H17NO4S. The third-order valence-electron chi connectivity index (χ3n) is 2.93. The van der Waals surface area contributed by atoms with Crippen LogP contribution >= 0.6 is 0 Å². The van der Waals surface area contributed by atoms with Crippen molar-refractivity contribution in [1.29, 1.82) is 0 Å². The van der Waals surface area contributed by atoms with Gasteiger partial charge < -0.3 is 10.8 Å². The number of rotatable bonds is 4. The zero-order valence-corrected chi connectivity index (χ0v) is 11.4. The lowest BCUT2D eigenvalue weighted by Gasteiger charge is -2.16. The average Bonchev–Trinajstić information content (AvgIpc) is 2.21. The molecule has 0 aliphatic carbocycles. The summed E-state index contributed by atoms with van der Waals surface area (Å²) < 4.78 is 23.5. The molecule has 1 aromatic rings. The third kappa shape index (κ3) is 2.88. The number of nitrogens with two attached hydrogens (primary N) is 1. The first-order valence-corrected chi connectivity index (χ1v) is 7.31. The quantitative estimate of drug-likeness (QED) is 0.845. The van der Waals surface area contributed by atoms with Gasteiger partial charge in [0.25, 0.3) is 0 Å². The van der Waals surface area contributed by atoms with Crippen LogP contribution in [0.1, 0.15) is 22.6 Å². The zero-order valence-electron chi connectivity index (χ0n) is 10.6. The van der Waals surface area contributed by atoms with Gasteiger partial charge in [-0.3, -0.25) is 4.79 Å². The van der Waals surface area contributed by atoms with E-state index in [-0.39, 0.29) is 17.0 Å². The summed E-state index contributed by atoms with van der Waals surface area (Å²) in [6.07, 6.45) is 1.07. The van der Waals surface area contributed by atoms with Crippen molar-refractivity contribution in [3.05, 3.63) is 28.8 Å². The van der Waals surface area contributed by atoms with Crippen LogP contribution in [0.4, 0.5) is 0 Å². The molecule has 0 radical (unpaired) electrons. The molecule has 1 rings (SSSR count). The van der Waals surface area contributed by atoms with Gasteiger partial charge in [0.1, 0.15) is 0 Å². The van der Waals surface area contributed by atoms with Crippen molar-refractivity contribution in [2.75, 3.05) is 12.8 Å². The molecule has 1 atom stereocenters. The summed E-state index contributed by atoms with van der Waals surface area (Å²) in [5, 5.41) is 9.10. The first-order valence-electron chi connectivity index (χ1n) is 5.42. The van der Waals surface area contributed by atoms with Crippen molar-refractivity contribution >= 4 is 15.8 Å². The van der Waals surface area contributed by atoms with Crippen molar-refractivity contribution in [2.24, 2.45) is 5.73 Å². The molecule has 100 valence electrons. The molecule has 0 saturated carbocycles. The van der Waals surface area contributed by atoms with E-state index in [0.717, 1.165) is 17.4 Å². The predicted octanol–water partition coefficient (Wildman–Crippen LogP) is 0.834. The van der Waals surface area contributed by atoms with Gasteiger partial charge in [-0.2, -0.15) is 0 Å². The topological polar surface area (TPSA) is 97.5 Å². The number of hydrogen-bond donors (Lipinski definition) is 2. The van der Waals surface area contributed by atoms with Crippen LogP contribution in [-0.2, 0) is 14.6 Å². The average molecular weight is 271 g/mol. The molecule has 0 aromatic heterocycles. The molecule has 0 heterocycles. The van der Waals surface area contributed by atoms with E-state index in [0.29, 0.717) is 0 Å². The molecule has 0 fully saturated rings. The van der Waals surface area contributed by atoms with Gasteiger partial charge in [-0.25, -0.2) is 8.42 Å². The molecule has 0 spiro atoms. The van der Waals surface area contributed by atoms with E-state index in [4.69, 9.17) is 10.8 Å². The molecule has 0 amide bonds. The summed E-state index contributed by atoms with van der Waals surface area (Å²) in [5.74, 6) is -2.13. The normalized spacial score (nSPS) is 13.3. The molecule has 5 nitrogen and oxygen atoms in total. The fraction of sp³-hybridized carbons (Fsp3) is 0.417. The van der Waals surface area contributed by atoms with Crippen molar-refractivity contribution < 1.29 is 18.3 Å². The van der Waals surface area contributed by atoms with E-state index in [1.165, 1.54) is 6.07 Å². The maximum Gasteiger partial charge on any atom is 0.312 e. The largest absolute Gasteiger partial charge is 0.481 e. The lowest BCUT2D eigenvalue weighted by Crippen LogP contribution is -2.23. The molecule has 0 bridgehead atoms. The molecule has 0 aliphatic heterocycles. The van der Waals surface area contributed by atoms with Crippen LogP contribution in [0.2, 0.25) is 0 Å². The predicted molar refractivity (Wildman–Crippen MR) is 68.5 cm³/mol. The first kappa shape index (κ1) is 14.7. The number of aryl methyl sites for hydroxylation is 2. The van der Waals surface area contributed by atoms with Crippen molar-refractivity contribution in [2.45, 2.75) is 24.7 Å². The number of sulfone groups is 1. The van der Waals surface area contributed by atoms with Crippen LogP contribution in [0.5, 0.6) is 0 Å². The number of aliphatic carboxylic acids is 1. The Kier molecular flexibility index (Phi) is 4.13. The Morgan fingerprint density at radius 1 is 1.33 bits per heavy atom. The Bertz CT molecular complexity index is 578. The monoisotopic (exact) mass is 271 g/mol. The molecule has 18 heavy (non-hydrogen) atoms. The Hall–Kier alpha value is -1.40. The van der Waals surface area contributed by atoms with Gasteiger partial charge in [-0.1, -0.05) is 6.07 Å². The maximum absolute atomic E-state index is 11.7. The van der Waals surface area contributed by atoms with Crippen molar-refractivity contribution in [1.82, 2.24) is 0 Å². The minimum Gasteiger partial charge on any atom is -0.481 e. The fourth-order valence-corrected chi connectivity index (χ4v) is 2.79. The summed E-state index contributed by atoms with van der Waals surface area (Å²) in [6, 6.07) is 3.10. The van der Waals surface area contributed by atoms with Gasteiger partial charge >= 0.3 is 5.97 Å². The number of hydrogen-bond acceptors (Lipinski definition) is 4. The zero-order chi connectivity index (χ0) is 14.1. The smallest absolute Gasteiger partial charge is 0.312 e. The summed E-state index contributed by atoms with van der Waals surface area (Å²) in [6.45, 7) is 3.45. The maximum atomic E-state index is 11.7. The highest BCUT2D eigenvalue weighted by Gasteiger charge is 2.25. The van der Waals surface area contributed by atoms with Gasteiger partial charge in [0.2, 0.25) is 0 Å². The van der Waals surface area contributed by atoms with E-state index in [1.54, 1.807) is 19.9 Å². The highest BCUT2D eigenvalue weighted by atomic mass is 32.2. The Balaban J connectivity index is 3.60. The third-order valence-corrected chi connectivity index (χ3v) is 4.09. The molecule has 0 saturated heterocycles. The van der Waals surface area contributed by atoms with Crippen molar-refractivity contribution in [3.63, 3.8) is 0 Å². The van der Waals surface area contributed by atoms with Crippen LogP contribution in [0.15, 0.2) is 17.0 Å².